The Morgan fingerprint density at radius 3 is 2.50 bits per heavy atom. The van der Waals surface area contributed by atoms with E-state index in [-0.39, 0.29) is 11.5 Å². The van der Waals surface area contributed by atoms with Crippen LogP contribution in [0.5, 0.6) is 0 Å². The fourth-order valence-corrected chi connectivity index (χ4v) is 5.35. The lowest BCUT2D eigenvalue weighted by molar-refractivity contribution is 0.192. The molecule has 1 saturated heterocycles. The maximum Gasteiger partial charge on any atom is 0.243 e. The van der Waals surface area contributed by atoms with Crippen LogP contribution in [0.1, 0.15) is 39.2 Å². The molecular formula is C15H22ClNO2S. The molecule has 0 spiro atoms. The van der Waals surface area contributed by atoms with Gasteiger partial charge in [0.2, 0.25) is 10.0 Å². The first-order valence-corrected chi connectivity index (χ1v) is 8.80. The van der Waals surface area contributed by atoms with Crippen molar-refractivity contribution < 1.29 is 8.42 Å². The molecule has 5 heteroatoms. The summed E-state index contributed by atoms with van der Waals surface area (Å²) in [6, 6.07) is 5.01. The van der Waals surface area contributed by atoms with Gasteiger partial charge >= 0.3 is 0 Å². The molecule has 112 valence electrons. The van der Waals surface area contributed by atoms with Crippen molar-refractivity contribution in [3.63, 3.8) is 0 Å². The first-order valence-electron chi connectivity index (χ1n) is 6.98. The van der Waals surface area contributed by atoms with E-state index < -0.39 is 10.0 Å². The minimum absolute atomic E-state index is 0.278. The Hall–Kier alpha value is -0.580. The fourth-order valence-electron chi connectivity index (χ4n) is 2.91. The standard InChI is InChI=1S/C15H22ClNO2S/c1-11(2)15(4)6-5-7-17(15)20(18,19)14-9-12(3)8-13(16)10-14/h8-11H,5-7H2,1-4H3/t15-/m0/s1. The maximum absolute atomic E-state index is 12.9. The molecule has 0 N–H and O–H groups in total. The van der Waals surface area contributed by atoms with E-state index >= 15 is 0 Å². The van der Waals surface area contributed by atoms with Crippen LogP contribution in [0.25, 0.3) is 0 Å². The first kappa shape index (κ1) is 15.8. The van der Waals surface area contributed by atoms with Gasteiger partial charge in [0.25, 0.3) is 0 Å². The second-order valence-corrected chi connectivity index (χ2v) is 8.46. The van der Waals surface area contributed by atoms with Crippen molar-refractivity contribution in [2.45, 2.75) is 51.0 Å². The summed E-state index contributed by atoms with van der Waals surface area (Å²) in [6.07, 6.45) is 1.82. The summed E-state index contributed by atoms with van der Waals surface area (Å²) in [5, 5.41) is 0.467. The van der Waals surface area contributed by atoms with Gasteiger partial charge in [-0.15, -0.1) is 0 Å². The molecule has 0 radical (unpaired) electrons. The average molecular weight is 316 g/mol. The van der Waals surface area contributed by atoms with E-state index in [1.165, 1.54) is 0 Å². The summed E-state index contributed by atoms with van der Waals surface area (Å²) in [4.78, 5) is 0.302. The number of nitrogens with zero attached hydrogens (tertiary/aromatic N) is 1. The van der Waals surface area contributed by atoms with Crippen molar-refractivity contribution in [3.8, 4) is 0 Å². The van der Waals surface area contributed by atoms with E-state index in [1.54, 1.807) is 22.5 Å². The van der Waals surface area contributed by atoms with E-state index in [0.717, 1.165) is 18.4 Å². The van der Waals surface area contributed by atoms with Gasteiger partial charge in [0.1, 0.15) is 0 Å². The molecule has 1 aromatic carbocycles. The van der Waals surface area contributed by atoms with Crippen molar-refractivity contribution in [3.05, 3.63) is 28.8 Å². The summed E-state index contributed by atoms with van der Waals surface area (Å²) < 4.78 is 27.5. The lowest BCUT2D eigenvalue weighted by Crippen LogP contribution is -2.48. The molecule has 0 saturated carbocycles. The Labute approximate surface area is 127 Å². The van der Waals surface area contributed by atoms with Gasteiger partial charge < -0.3 is 0 Å². The smallest absolute Gasteiger partial charge is 0.207 e. The molecule has 0 amide bonds. The minimum atomic E-state index is -3.49. The predicted molar refractivity (Wildman–Crippen MR) is 82.6 cm³/mol. The first-order chi connectivity index (χ1) is 9.18. The van der Waals surface area contributed by atoms with Crippen LogP contribution in [0.15, 0.2) is 23.1 Å². The third-order valence-corrected chi connectivity index (χ3v) is 6.69. The van der Waals surface area contributed by atoms with Crippen LogP contribution in [0.4, 0.5) is 0 Å². The molecule has 20 heavy (non-hydrogen) atoms. The quantitative estimate of drug-likeness (QED) is 0.849. The minimum Gasteiger partial charge on any atom is -0.207 e. The number of sulfonamides is 1. The molecule has 1 aliphatic heterocycles. The van der Waals surface area contributed by atoms with E-state index in [9.17, 15) is 8.42 Å². The van der Waals surface area contributed by atoms with E-state index in [4.69, 9.17) is 11.6 Å². The second kappa shape index (κ2) is 5.32. The van der Waals surface area contributed by atoms with Gasteiger partial charge in [-0.3, -0.25) is 0 Å². The van der Waals surface area contributed by atoms with Gasteiger partial charge in [-0.1, -0.05) is 25.4 Å². The third-order valence-electron chi connectivity index (χ3n) is 4.46. The van der Waals surface area contributed by atoms with Gasteiger partial charge in [-0.25, -0.2) is 8.42 Å². The Balaban J connectivity index is 2.50. The average Bonchev–Trinajstić information content (AvgIpc) is 2.72. The van der Waals surface area contributed by atoms with Crippen molar-refractivity contribution in [2.24, 2.45) is 5.92 Å². The van der Waals surface area contributed by atoms with E-state index in [0.29, 0.717) is 16.5 Å². The monoisotopic (exact) mass is 315 g/mol. The Bertz CT molecular complexity index is 592. The summed E-state index contributed by atoms with van der Waals surface area (Å²) in [5.74, 6) is 0.278. The number of benzene rings is 1. The topological polar surface area (TPSA) is 37.4 Å². The molecule has 0 aromatic heterocycles. The zero-order chi connectivity index (χ0) is 15.1. The molecule has 2 rings (SSSR count). The fraction of sp³-hybridized carbons (Fsp3) is 0.600. The molecule has 1 atom stereocenters. The number of aryl methyl sites for hydroxylation is 1. The highest BCUT2D eigenvalue weighted by atomic mass is 35.5. The summed E-state index contributed by atoms with van der Waals surface area (Å²) in [5.41, 5.74) is 0.552. The van der Waals surface area contributed by atoms with Crippen LogP contribution in [-0.4, -0.2) is 24.8 Å². The van der Waals surface area contributed by atoms with Gasteiger partial charge in [0.15, 0.2) is 0 Å². The van der Waals surface area contributed by atoms with Gasteiger partial charge in [0, 0.05) is 17.1 Å². The summed E-state index contributed by atoms with van der Waals surface area (Å²) in [6.45, 7) is 8.65. The van der Waals surface area contributed by atoms with Crippen LogP contribution >= 0.6 is 11.6 Å². The predicted octanol–water partition coefficient (Wildman–Crippen LogP) is 3.85. The highest BCUT2D eigenvalue weighted by Crippen LogP contribution is 2.39. The number of hydrogen-bond acceptors (Lipinski definition) is 2. The van der Waals surface area contributed by atoms with Crippen LogP contribution in [0.2, 0.25) is 5.02 Å². The molecule has 0 unspecified atom stereocenters. The molecule has 1 fully saturated rings. The molecule has 0 aliphatic carbocycles. The summed E-state index contributed by atoms with van der Waals surface area (Å²) >= 11 is 6.01. The largest absolute Gasteiger partial charge is 0.243 e. The van der Waals surface area contributed by atoms with Crippen LogP contribution < -0.4 is 0 Å². The highest BCUT2D eigenvalue weighted by Gasteiger charge is 2.46. The van der Waals surface area contributed by atoms with Crippen LogP contribution in [0.3, 0.4) is 0 Å². The van der Waals surface area contributed by atoms with Crippen molar-refractivity contribution in [1.82, 2.24) is 4.31 Å². The van der Waals surface area contributed by atoms with Crippen molar-refractivity contribution in [2.75, 3.05) is 6.54 Å². The normalized spacial score (nSPS) is 24.5. The SMILES string of the molecule is Cc1cc(Cl)cc(S(=O)(=O)N2CCC[C@@]2(C)C(C)C)c1. The zero-order valence-corrected chi connectivity index (χ0v) is 14.1. The Morgan fingerprint density at radius 1 is 1.30 bits per heavy atom. The molecule has 1 aliphatic rings. The Kier molecular flexibility index (Phi) is 4.20. The molecule has 0 bridgehead atoms. The summed E-state index contributed by atoms with van der Waals surface area (Å²) in [7, 11) is -3.49. The molecule has 1 aromatic rings. The molecular weight excluding hydrogens is 294 g/mol. The lowest BCUT2D eigenvalue weighted by atomic mass is 9.87. The van der Waals surface area contributed by atoms with Crippen LogP contribution in [0, 0.1) is 12.8 Å². The lowest BCUT2D eigenvalue weighted by Gasteiger charge is -2.38. The molecule has 3 nitrogen and oxygen atoms in total. The number of halogens is 1. The van der Waals surface area contributed by atoms with E-state index in [1.807, 2.05) is 13.8 Å². The molecule has 1 heterocycles. The van der Waals surface area contributed by atoms with Crippen molar-refractivity contribution in [1.29, 1.82) is 0 Å². The maximum atomic E-state index is 12.9. The van der Waals surface area contributed by atoms with E-state index in [2.05, 4.69) is 13.8 Å². The third kappa shape index (κ3) is 2.61. The highest BCUT2D eigenvalue weighted by molar-refractivity contribution is 7.89. The van der Waals surface area contributed by atoms with Gasteiger partial charge in [0.05, 0.1) is 4.90 Å². The van der Waals surface area contributed by atoms with Gasteiger partial charge in [-0.2, -0.15) is 4.31 Å². The van der Waals surface area contributed by atoms with Gasteiger partial charge in [-0.05, 0) is 56.4 Å². The van der Waals surface area contributed by atoms with Crippen LogP contribution in [-0.2, 0) is 10.0 Å². The number of rotatable bonds is 3. The second-order valence-electron chi connectivity index (χ2n) is 6.16. The number of hydrogen-bond donors (Lipinski definition) is 0. The Morgan fingerprint density at radius 2 is 1.95 bits per heavy atom. The van der Waals surface area contributed by atoms with Crippen molar-refractivity contribution >= 4 is 21.6 Å². The zero-order valence-electron chi connectivity index (χ0n) is 12.5.